The number of hydrogen-bond acceptors (Lipinski definition) is 7. The van der Waals surface area contributed by atoms with E-state index in [0.29, 0.717) is 30.2 Å². The molecule has 1 aliphatic heterocycles. The van der Waals surface area contributed by atoms with E-state index in [1.165, 1.54) is 5.69 Å². The minimum atomic E-state index is 0.0300. The first-order chi connectivity index (χ1) is 14.7. The number of furan rings is 1. The molecule has 0 amide bonds. The van der Waals surface area contributed by atoms with Gasteiger partial charge in [-0.2, -0.15) is 4.98 Å². The zero-order valence-corrected chi connectivity index (χ0v) is 17.0. The van der Waals surface area contributed by atoms with Gasteiger partial charge in [0.1, 0.15) is 11.6 Å². The Bertz CT molecular complexity index is 1030. The molecule has 0 radical (unpaired) electrons. The van der Waals surface area contributed by atoms with Gasteiger partial charge in [-0.1, -0.05) is 18.2 Å². The van der Waals surface area contributed by atoms with Crippen molar-refractivity contribution in [3.63, 3.8) is 0 Å². The summed E-state index contributed by atoms with van der Waals surface area (Å²) >= 11 is 0. The van der Waals surface area contributed by atoms with Gasteiger partial charge in [0, 0.05) is 57.7 Å². The number of aromatic nitrogens is 2. The fraction of sp³-hybridized carbons (Fsp3) is 0.348. The van der Waals surface area contributed by atoms with E-state index in [4.69, 9.17) is 14.4 Å². The summed E-state index contributed by atoms with van der Waals surface area (Å²) in [5.74, 6) is 2.27. The number of hydrogen-bond donors (Lipinski definition) is 1. The number of piperazine rings is 1. The van der Waals surface area contributed by atoms with E-state index in [-0.39, 0.29) is 11.7 Å². The second-order valence-corrected chi connectivity index (χ2v) is 7.80. The molecule has 3 heterocycles. The van der Waals surface area contributed by atoms with Crippen LogP contribution in [0.25, 0.3) is 0 Å². The molecule has 1 unspecified atom stereocenters. The topological polar surface area (TPSA) is 74.5 Å². The second kappa shape index (κ2) is 7.82. The van der Waals surface area contributed by atoms with Gasteiger partial charge in [0.15, 0.2) is 5.78 Å². The van der Waals surface area contributed by atoms with E-state index < -0.39 is 0 Å². The number of carbonyl (C=O) groups excluding carboxylic acids is 1. The number of nitrogens with zero attached hydrogens (tertiary/aromatic N) is 4. The normalized spacial score (nSPS) is 19.0. The standard InChI is InChI=1S/C23H25N5O2/c1-24-22-21-18(14-16(15-19(21)29)20-8-5-13-30-20)25-23(26-22)28-11-9-27(10-12-28)17-6-3-2-4-7-17/h2-8,13,16H,9-12,14-15H2,1H3,(H,24,25,26). The highest BCUT2D eigenvalue weighted by atomic mass is 16.3. The van der Waals surface area contributed by atoms with Gasteiger partial charge in [-0.25, -0.2) is 4.98 Å². The Kier molecular flexibility index (Phi) is 4.86. The van der Waals surface area contributed by atoms with E-state index in [1.54, 1.807) is 6.26 Å². The first kappa shape index (κ1) is 18.7. The number of nitrogens with one attached hydrogen (secondary N) is 1. The average Bonchev–Trinajstić information content (AvgIpc) is 3.34. The monoisotopic (exact) mass is 403 g/mol. The van der Waals surface area contributed by atoms with Gasteiger partial charge in [-0.3, -0.25) is 4.79 Å². The van der Waals surface area contributed by atoms with Crippen molar-refractivity contribution in [2.45, 2.75) is 18.8 Å². The molecule has 3 aromatic rings. The summed E-state index contributed by atoms with van der Waals surface area (Å²) in [5, 5.41) is 3.12. The lowest BCUT2D eigenvalue weighted by Crippen LogP contribution is -2.47. The number of Topliss-reactive ketones (excluding diaryl/α,β-unsaturated/α-hetero) is 1. The van der Waals surface area contributed by atoms with Crippen molar-refractivity contribution in [1.82, 2.24) is 9.97 Å². The van der Waals surface area contributed by atoms with Crippen molar-refractivity contribution in [1.29, 1.82) is 0 Å². The SMILES string of the molecule is CNc1nc(N2CCN(c3ccccc3)CC2)nc2c1C(=O)CC(c1ccco1)C2. The maximum Gasteiger partial charge on any atom is 0.227 e. The quantitative estimate of drug-likeness (QED) is 0.716. The van der Waals surface area contributed by atoms with E-state index >= 15 is 0 Å². The van der Waals surface area contributed by atoms with Gasteiger partial charge in [-0.05, 0) is 24.3 Å². The number of rotatable bonds is 4. The van der Waals surface area contributed by atoms with Crippen LogP contribution in [-0.4, -0.2) is 49.0 Å². The van der Waals surface area contributed by atoms with Gasteiger partial charge in [0.05, 0.1) is 17.5 Å². The van der Waals surface area contributed by atoms with Crippen LogP contribution in [-0.2, 0) is 6.42 Å². The molecule has 2 aliphatic rings. The highest BCUT2D eigenvalue weighted by Crippen LogP contribution is 2.35. The third-order valence-corrected chi connectivity index (χ3v) is 5.99. The summed E-state index contributed by atoms with van der Waals surface area (Å²) in [5.41, 5.74) is 2.69. The van der Waals surface area contributed by atoms with Crippen LogP contribution in [0, 0.1) is 0 Å². The summed E-state index contributed by atoms with van der Waals surface area (Å²) in [6.07, 6.45) is 2.77. The largest absolute Gasteiger partial charge is 0.469 e. The van der Waals surface area contributed by atoms with Gasteiger partial charge >= 0.3 is 0 Å². The fourth-order valence-corrected chi connectivity index (χ4v) is 4.42. The molecule has 0 saturated carbocycles. The molecule has 7 heteroatoms. The maximum absolute atomic E-state index is 12.9. The predicted molar refractivity (Wildman–Crippen MR) is 117 cm³/mol. The Balaban J connectivity index is 1.39. The molecule has 7 nitrogen and oxygen atoms in total. The van der Waals surface area contributed by atoms with E-state index in [2.05, 4.69) is 39.4 Å². The number of carbonyl (C=O) groups is 1. The van der Waals surface area contributed by atoms with Crippen molar-refractivity contribution in [3.8, 4) is 0 Å². The maximum atomic E-state index is 12.9. The van der Waals surface area contributed by atoms with Crippen LogP contribution in [0.5, 0.6) is 0 Å². The number of ketones is 1. The fourth-order valence-electron chi connectivity index (χ4n) is 4.42. The second-order valence-electron chi connectivity index (χ2n) is 7.80. The highest BCUT2D eigenvalue weighted by Gasteiger charge is 2.33. The molecule has 0 spiro atoms. The lowest BCUT2D eigenvalue weighted by molar-refractivity contribution is 0.0959. The third-order valence-electron chi connectivity index (χ3n) is 5.99. The lowest BCUT2D eigenvalue weighted by atomic mass is 9.84. The Hall–Kier alpha value is -3.35. The molecule has 1 N–H and O–H groups in total. The zero-order chi connectivity index (χ0) is 20.5. The molecule has 5 rings (SSSR count). The van der Waals surface area contributed by atoms with Crippen LogP contribution >= 0.6 is 0 Å². The minimum absolute atomic E-state index is 0.0300. The molecule has 1 fully saturated rings. The smallest absolute Gasteiger partial charge is 0.227 e. The predicted octanol–water partition coefficient (Wildman–Crippen LogP) is 3.35. The average molecular weight is 403 g/mol. The van der Waals surface area contributed by atoms with E-state index in [0.717, 1.165) is 37.6 Å². The zero-order valence-electron chi connectivity index (χ0n) is 17.0. The molecule has 30 heavy (non-hydrogen) atoms. The molecule has 1 aromatic carbocycles. The summed E-state index contributed by atoms with van der Waals surface area (Å²) in [6.45, 7) is 3.50. The first-order valence-electron chi connectivity index (χ1n) is 10.4. The Morgan fingerprint density at radius 3 is 2.43 bits per heavy atom. The van der Waals surface area contributed by atoms with Gasteiger partial charge in [0.2, 0.25) is 5.95 Å². The Morgan fingerprint density at radius 2 is 1.73 bits per heavy atom. The van der Waals surface area contributed by atoms with Crippen molar-refractivity contribution >= 4 is 23.2 Å². The molecular formula is C23H25N5O2. The Morgan fingerprint density at radius 1 is 0.967 bits per heavy atom. The highest BCUT2D eigenvalue weighted by molar-refractivity contribution is 6.03. The summed E-state index contributed by atoms with van der Waals surface area (Å²) < 4.78 is 5.57. The molecule has 1 atom stereocenters. The van der Waals surface area contributed by atoms with Crippen molar-refractivity contribution < 1.29 is 9.21 Å². The number of anilines is 3. The summed E-state index contributed by atoms with van der Waals surface area (Å²) in [7, 11) is 1.81. The number of benzene rings is 1. The van der Waals surface area contributed by atoms with Crippen LogP contribution in [0.1, 0.15) is 34.2 Å². The Labute approximate surface area is 175 Å². The number of para-hydroxylation sites is 1. The van der Waals surface area contributed by atoms with Gasteiger partial charge in [-0.15, -0.1) is 0 Å². The van der Waals surface area contributed by atoms with Crippen LogP contribution in [0.3, 0.4) is 0 Å². The van der Waals surface area contributed by atoms with Crippen LogP contribution in [0.2, 0.25) is 0 Å². The van der Waals surface area contributed by atoms with Crippen molar-refractivity contribution in [2.75, 3.05) is 48.3 Å². The molecule has 2 aromatic heterocycles. The molecule has 154 valence electrons. The van der Waals surface area contributed by atoms with Crippen molar-refractivity contribution in [3.05, 3.63) is 65.7 Å². The minimum Gasteiger partial charge on any atom is -0.469 e. The number of fused-ring (bicyclic) bond motifs is 1. The summed E-state index contributed by atoms with van der Waals surface area (Å²) in [6, 6.07) is 14.3. The molecule has 1 saturated heterocycles. The van der Waals surface area contributed by atoms with Gasteiger partial charge in [0.25, 0.3) is 0 Å². The molecule has 1 aliphatic carbocycles. The van der Waals surface area contributed by atoms with Gasteiger partial charge < -0.3 is 19.5 Å². The molecular weight excluding hydrogens is 378 g/mol. The third kappa shape index (κ3) is 3.40. The van der Waals surface area contributed by atoms with Crippen molar-refractivity contribution in [2.24, 2.45) is 0 Å². The summed E-state index contributed by atoms with van der Waals surface area (Å²) in [4.78, 5) is 27.0. The lowest BCUT2D eigenvalue weighted by Gasteiger charge is -2.36. The first-order valence-corrected chi connectivity index (χ1v) is 10.4. The van der Waals surface area contributed by atoms with Crippen LogP contribution in [0.15, 0.2) is 53.1 Å². The molecule has 0 bridgehead atoms. The van der Waals surface area contributed by atoms with E-state index in [1.807, 2.05) is 25.2 Å². The van der Waals surface area contributed by atoms with E-state index in [9.17, 15) is 4.79 Å². The van der Waals surface area contributed by atoms with Crippen LogP contribution in [0.4, 0.5) is 17.5 Å². The van der Waals surface area contributed by atoms with Crippen LogP contribution < -0.4 is 15.1 Å².